The van der Waals surface area contributed by atoms with Gasteiger partial charge >= 0.3 is 0 Å². The minimum atomic E-state index is -1.03. The van der Waals surface area contributed by atoms with E-state index in [1.54, 1.807) is 18.2 Å². The summed E-state index contributed by atoms with van der Waals surface area (Å²) in [4.78, 5) is 30.6. The lowest BCUT2D eigenvalue weighted by Crippen LogP contribution is -2.65. The van der Waals surface area contributed by atoms with Crippen LogP contribution in [0.2, 0.25) is 0 Å². The van der Waals surface area contributed by atoms with E-state index in [2.05, 4.69) is 18.1 Å². The molecule has 37 heavy (non-hydrogen) atoms. The van der Waals surface area contributed by atoms with Gasteiger partial charge in [0.25, 0.3) is 0 Å². The fourth-order valence-corrected chi connectivity index (χ4v) is 6.79. The molecule has 2 aliphatic heterocycles. The van der Waals surface area contributed by atoms with E-state index in [1.807, 2.05) is 6.08 Å². The van der Waals surface area contributed by atoms with Crippen LogP contribution in [0.4, 0.5) is 0 Å². The van der Waals surface area contributed by atoms with Gasteiger partial charge in [-0.2, -0.15) is 0 Å². The average Bonchev–Trinajstić information content (AvgIpc) is 2.99. The van der Waals surface area contributed by atoms with Crippen molar-refractivity contribution in [3.05, 3.63) is 60.7 Å². The summed E-state index contributed by atoms with van der Waals surface area (Å²) < 4.78 is 0. The van der Waals surface area contributed by atoms with E-state index in [-0.39, 0.29) is 41.3 Å². The summed E-state index contributed by atoms with van der Waals surface area (Å²) in [5.41, 5.74) is 1.13. The van der Waals surface area contributed by atoms with Crippen LogP contribution in [0.25, 0.3) is 0 Å². The third-order valence-corrected chi connectivity index (χ3v) is 8.75. The predicted molar refractivity (Wildman–Crippen MR) is 143 cm³/mol. The van der Waals surface area contributed by atoms with Gasteiger partial charge in [-0.3, -0.25) is 19.4 Å². The van der Waals surface area contributed by atoms with Crippen LogP contribution in [0.15, 0.2) is 55.1 Å². The Morgan fingerprint density at radius 1 is 1.05 bits per heavy atom. The van der Waals surface area contributed by atoms with Crippen molar-refractivity contribution in [2.24, 2.45) is 17.8 Å². The van der Waals surface area contributed by atoms with Gasteiger partial charge in [0.05, 0.1) is 17.4 Å². The number of fused-ring (bicyclic) bond motifs is 1. The van der Waals surface area contributed by atoms with E-state index >= 15 is 0 Å². The maximum Gasteiger partial charge on any atom is 0.236 e. The molecule has 4 rings (SSSR count). The number of halogens is 1. The highest BCUT2D eigenvalue weighted by Gasteiger charge is 2.54. The Morgan fingerprint density at radius 3 is 2.46 bits per heavy atom. The van der Waals surface area contributed by atoms with Gasteiger partial charge in [-0.1, -0.05) is 35.9 Å². The third-order valence-electron chi connectivity index (χ3n) is 8.61. The largest absolute Gasteiger partial charge is 0.504 e. The van der Waals surface area contributed by atoms with Crippen LogP contribution in [-0.4, -0.2) is 67.7 Å². The van der Waals surface area contributed by atoms with Crippen LogP contribution < -0.4 is 0 Å². The highest BCUT2D eigenvalue weighted by Crippen LogP contribution is 2.46. The minimum Gasteiger partial charge on any atom is -0.504 e. The lowest BCUT2D eigenvalue weighted by Gasteiger charge is -2.55. The molecule has 6 atom stereocenters. The van der Waals surface area contributed by atoms with Crippen LogP contribution >= 0.6 is 11.6 Å². The van der Waals surface area contributed by atoms with E-state index in [9.17, 15) is 24.9 Å². The van der Waals surface area contributed by atoms with Gasteiger partial charge in [0.15, 0.2) is 11.5 Å². The van der Waals surface area contributed by atoms with Crippen molar-refractivity contribution >= 4 is 23.4 Å². The maximum atomic E-state index is 13.5. The molecule has 0 spiro atoms. The van der Waals surface area contributed by atoms with Crippen molar-refractivity contribution in [2.45, 2.75) is 62.6 Å². The smallest absolute Gasteiger partial charge is 0.236 e. The summed E-state index contributed by atoms with van der Waals surface area (Å²) in [6.07, 6.45) is 8.91. The predicted octanol–water partition coefficient (Wildman–Crippen LogP) is 4.12. The first-order valence-corrected chi connectivity index (χ1v) is 13.5. The normalized spacial score (nSPS) is 33.2. The molecule has 2 amide bonds. The SMILES string of the molecule is C=CCN1CCC2CC(N3C(=O)C(C=C)CCC(/C=C/Cl)C3=O)CCC2(O)C1Cc1ccc(O)c(O)c1. The summed E-state index contributed by atoms with van der Waals surface area (Å²) in [5, 5.41) is 31.9. The van der Waals surface area contributed by atoms with Crippen molar-refractivity contribution in [1.29, 1.82) is 0 Å². The molecule has 6 unspecified atom stereocenters. The number of imide groups is 1. The number of nitrogens with zero attached hydrogens (tertiary/aromatic N) is 2. The molecule has 2 heterocycles. The number of piperidine rings is 1. The highest BCUT2D eigenvalue weighted by atomic mass is 35.5. The molecule has 1 aliphatic carbocycles. The molecule has 8 heteroatoms. The number of hydrogen-bond donors (Lipinski definition) is 3. The zero-order chi connectivity index (χ0) is 26.7. The first-order chi connectivity index (χ1) is 17.7. The minimum absolute atomic E-state index is 0.101. The first-order valence-electron chi connectivity index (χ1n) is 13.1. The zero-order valence-electron chi connectivity index (χ0n) is 21.1. The van der Waals surface area contributed by atoms with Crippen molar-refractivity contribution in [3.8, 4) is 11.5 Å². The van der Waals surface area contributed by atoms with Crippen molar-refractivity contribution in [3.63, 3.8) is 0 Å². The lowest BCUT2D eigenvalue weighted by molar-refractivity contribution is -0.165. The lowest BCUT2D eigenvalue weighted by atomic mass is 9.64. The number of carbonyl (C=O) groups excluding carboxylic acids is 2. The maximum absolute atomic E-state index is 13.5. The van der Waals surface area contributed by atoms with Gasteiger partial charge in [-0.25, -0.2) is 0 Å². The Hall–Kier alpha value is -2.61. The van der Waals surface area contributed by atoms with Crippen LogP contribution in [0.5, 0.6) is 11.5 Å². The molecule has 0 aromatic heterocycles. The number of likely N-dealkylation sites (tertiary alicyclic amines) is 2. The molecular weight excluding hydrogens is 492 g/mol. The van der Waals surface area contributed by atoms with Gasteiger partial charge < -0.3 is 15.3 Å². The summed E-state index contributed by atoms with van der Waals surface area (Å²) in [6.45, 7) is 9.07. The molecule has 3 N–H and O–H groups in total. The molecule has 1 aromatic carbocycles. The summed E-state index contributed by atoms with van der Waals surface area (Å²) in [7, 11) is 0. The number of phenolic OH excluding ortho intramolecular Hbond substituents is 2. The third kappa shape index (κ3) is 5.35. The van der Waals surface area contributed by atoms with Crippen LogP contribution in [0.1, 0.15) is 44.1 Å². The van der Waals surface area contributed by atoms with E-state index < -0.39 is 17.4 Å². The topological polar surface area (TPSA) is 101 Å². The fourth-order valence-electron chi connectivity index (χ4n) is 6.61. The number of amides is 2. The standard InChI is InChI=1S/C29H37ClN2O5/c1-3-14-31-15-11-22-18-23(32-27(35)20(4-2)6-7-21(10-13-30)28(32)36)9-12-29(22,37)26(31)17-19-5-8-24(33)25(34)16-19/h3-5,8,10,13,16,20-23,26,33-34,37H,1-2,6-7,9,11-12,14-15,17-18H2/b13-10+. The number of phenols is 2. The highest BCUT2D eigenvalue weighted by molar-refractivity contribution is 6.25. The van der Waals surface area contributed by atoms with E-state index in [1.165, 1.54) is 22.6 Å². The Balaban J connectivity index is 1.61. The van der Waals surface area contributed by atoms with Crippen molar-refractivity contribution in [2.75, 3.05) is 13.1 Å². The molecule has 1 aromatic rings. The van der Waals surface area contributed by atoms with Crippen molar-refractivity contribution in [1.82, 2.24) is 9.80 Å². The number of aliphatic hydroxyl groups is 1. The molecule has 0 bridgehead atoms. The Labute approximate surface area is 223 Å². The quantitative estimate of drug-likeness (QED) is 0.279. The Morgan fingerprint density at radius 2 is 1.78 bits per heavy atom. The van der Waals surface area contributed by atoms with Gasteiger partial charge in [0.2, 0.25) is 11.8 Å². The first kappa shape index (κ1) is 27.4. The average molecular weight is 529 g/mol. The van der Waals surface area contributed by atoms with E-state index in [4.69, 9.17) is 11.6 Å². The molecular formula is C29H37ClN2O5. The number of rotatable bonds is 7. The van der Waals surface area contributed by atoms with Gasteiger partial charge in [0.1, 0.15) is 0 Å². The van der Waals surface area contributed by atoms with E-state index in [0.717, 1.165) is 18.5 Å². The second-order valence-corrected chi connectivity index (χ2v) is 10.9. The molecule has 3 aliphatic rings. The summed E-state index contributed by atoms with van der Waals surface area (Å²) in [5.74, 6) is -1.76. The summed E-state index contributed by atoms with van der Waals surface area (Å²) >= 11 is 5.81. The Kier molecular flexibility index (Phi) is 8.46. The van der Waals surface area contributed by atoms with Gasteiger partial charge in [0, 0.05) is 24.2 Å². The van der Waals surface area contributed by atoms with Crippen LogP contribution in [0.3, 0.4) is 0 Å². The number of carbonyl (C=O) groups is 2. The molecule has 3 fully saturated rings. The van der Waals surface area contributed by atoms with Crippen LogP contribution in [-0.2, 0) is 16.0 Å². The van der Waals surface area contributed by atoms with Gasteiger partial charge in [-0.15, -0.1) is 13.2 Å². The molecule has 1 saturated carbocycles. The molecule has 2 saturated heterocycles. The number of aromatic hydroxyl groups is 2. The second-order valence-electron chi connectivity index (χ2n) is 10.6. The number of hydrogen-bond acceptors (Lipinski definition) is 6. The van der Waals surface area contributed by atoms with Crippen LogP contribution in [0, 0.1) is 17.8 Å². The molecule has 0 radical (unpaired) electrons. The van der Waals surface area contributed by atoms with Crippen molar-refractivity contribution < 1.29 is 24.9 Å². The fraction of sp³-hybridized carbons (Fsp3) is 0.517. The number of benzene rings is 1. The summed E-state index contributed by atoms with van der Waals surface area (Å²) in [6, 6.07) is 4.23. The monoisotopic (exact) mass is 528 g/mol. The molecule has 7 nitrogen and oxygen atoms in total. The molecule has 200 valence electrons. The van der Waals surface area contributed by atoms with Gasteiger partial charge in [-0.05, 0) is 75.1 Å². The zero-order valence-corrected chi connectivity index (χ0v) is 21.9. The second kappa shape index (κ2) is 11.4. The van der Waals surface area contributed by atoms with E-state index in [0.29, 0.717) is 45.1 Å². The Bertz CT molecular complexity index is 1070.